The van der Waals surface area contributed by atoms with Gasteiger partial charge in [0.2, 0.25) is 5.91 Å². The molecule has 8 nitrogen and oxygen atoms in total. The molecule has 44 heavy (non-hydrogen) atoms. The highest BCUT2D eigenvalue weighted by molar-refractivity contribution is 6.73. The van der Waals surface area contributed by atoms with Crippen LogP contribution in [0.3, 0.4) is 0 Å². The summed E-state index contributed by atoms with van der Waals surface area (Å²) in [7, 11) is -1.96. The number of nitro groups is 1. The summed E-state index contributed by atoms with van der Waals surface area (Å²) in [6.07, 6.45) is 3.70. The smallest absolute Gasteiger partial charge is 0.355 e. The minimum atomic E-state index is -1.96. The lowest BCUT2D eigenvalue weighted by molar-refractivity contribution is -0.384. The number of β-lactam (4-membered cyclic amide) rings is 1. The number of carbonyl (C=O) groups is 2. The van der Waals surface area contributed by atoms with Gasteiger partial charge in [-0.2, -0.15) is 0 Å². The molecule has 0 bridgehead atoms. The highest BCUT2D eigenvalue weighted by Crippen LogP contribution is 2.49. The zero-order chi connectivity index (χ0) is 31.6. The summed E-state index contributed by atoms with van der Waals surface area (Å²) in [5.74, 6) is -1.16. The standard InChI is InChI=1S/C35H40N2O6Si/c1-6-44(7-2,8-3)43-24(5)31-32-23(4)29(21-18-27-14-11-13-26-12-9-10-15-30(26)27)33(36(32)34(31)38)35(39)42-22-25-16-19-28(20-17-25)37(40)41/h9-21,23-24,31-32H,6-8,22H2,1-5H3/b21-18+/t23-,24+,31+,32+/m0/s1. The number of rotatable bonds is 12. The molecule has 0 N–H and O–H groups in total. The van der Waals surface area contributed by atoms with Crippen molar-refractivity contribution < 1.29 is 23.7 Å². The van der Waals surface area contributed by atoms with Gasteiger partial charge in [0.05, 0.1) is 23.0 Å². The van der Waals surface area contributed by atoms with Gasteiger partial charge in [-0.05, 0) is 64.7 Å². The number of nitro benzene ring substituents is 1. The molecule has 3 aromatic rings. The number of ether oxygens (including phenoxy) is 1. The lowest BCUT2D eigenvalue weighted by Crippen LogP contribution is -2.65. The molecule has 0 aromatic heterocycles. The Balaban J connectivity index is 1.46. The Morgan fingerprint density at radius 1 is 1.00 bits per heavy atom. The molecule has 2 aliphatic rings. The molecule has 0 spiro atoms. The Morgan fingerprint density at radius 2 is 1.66 bits per heavy atom. The molecule has 0 aliphatic carbocycles. The quantitative estimate of drug-likeness (QED) is 0.0685. The molecule has 4 atom stereocenters. The molecule has 1 amide bonds. The fourth-order valence-corrected chi connectivity index (χ4v) is 9.70. The summed E-state index contributed by atoms with van der Waals surface area (Å²) >= 11 is 0. The maximum Gasteiger partial charge on any atom is 0.355 e. The number of carbonyl (C=O) groups excluding carboxylic acids is 2. The van der Waals surface area contributed by atoms with Crippen molar-refractivity contribution in [1.82, 2.24) is 4.90 Å². The SMILES string of the molecule is CC[Si](CC)(CC)O[C@H](C)[C@H]1C(=O)N2C(C(=O)OCc3ccc([N+](=O)[O-])cc3)=C(/C=C/c3cccc4ccccc34)[C@H](C)[C@H]12. The Kier molecular flexibility index (Phi) is 9.17. The molecular weight excluding hydrogens is 572 g/mol. The Bertz CT molecular complexity index is 1610. The van der Waals surface area contributed by atoms with Crippen molar-refractivity contribution in [1.29, 1.82) is 0 Å². The third-order valence-electron chi connectivity index (χ3n) is 9.56. The van der Waals surface area contributed by atoms with Crippen molar-refractivity contribution in [3.05, 3.63) is 105 Å². The first-order valence-corrected chi connectivity index (χ1v) is 18.0. The molecule has 1 saturated heterocycles. The predicted octanol–water partition coefficient (Wildman–Crippen LogP) is 7.65. The molecule has 5 rings (SSSR count). The second kappa shape index (κ2) is 12.9. The molecular formula is C35H40N2O6Si. The molecule has 0 radical (unpaired) electrons. The fraction of sp³-hybridized carbons (Fsp3) is 0.371. The van der Waals surface area contributed by atoms with Gasteiger partial charge in [-0.15, -0.1) is 0 Å². The van der Waals surface area contributed by atoms with E-state index in [9.17, 15) is 19.7 Å². The van der Waals surface area contributed by atoms with Crippen molar-refractivity contribution >= 4 is 42.7 Å². The molecule has 0 saturated carbocycles. The number of nitrogens with zero attached hydrogens (tertiary/aromatic N) is 2. The van der Waals surface area contributed by atoms with E-state index >= 15 is 0 Å². The molecule has 0 unspecified atom stereocenters. The molecule has 3 aromatic carbocycles. The zero-order valence-corrected chi connectivity index (χ0v) is 27.0. The van der Waals surface area contributed by atoms with E-state index in [-0.39, 0.29) is 47.9 Å². The summed E-state index contributed by atoms with van der Waals surface area (Å²) in [6, 6.07) is 22.9. The Morgan fingerprint density at radius 3 is 2.32 bits per heavy atom. The molecule has 1 fully saturated rings. The van der Waals surface area contributed by atoms with E-state index in [1.54, 1.807) is 17.0 Å². The maximum absolute atomic E-state index is 13.8. The monoisotopic (exact) mass is 612 g/mol. The van der Waals surface area contributed by atoms with E-state index in [1.807, 2.05) is 43.3 Å². The summed E-state index contributed by atoms with van der Waals surface area (Å²) < 4.78 is 12.5. The number of hydrogen-bond donors (Lipinski definition) is 0. The maximum atomic E-state index is 13.8. The highest BCUT2D eigenvalue weighted by Gasteiger charge is 2.60. The van der Waals surface area contributed by atoms with Crippen LogP contribution >= 0.6 is 0 Å². The van der Waals surface area contributed by atoms with Crippen molar-refractivity contribution in [2.75, 3.05) is 0 Å². The minimum Gasteiger partial charge on any atom is -0.456 e. The van der Waals surface area contributed by atoms with E-state index in [0.717, 1.165) is 40.0 Å². The fourth-order valence-electron chi connectivity index (χ4n) is 6.76. The van der Waals surface area contributed by atoms with Gasteiger partial charge < -0.3 is 14.1 Å². The van der Waals surface area contributed by atoms with Gasteiger partial charge in [0.25, 0.3) is 5.69 Å². The average molecular weight is 613 g/mol. The number of benzene rings is 3. The first-order chi connectivity index (χ1) is 21.1. The van der Waals surface area contributed by atoms with Gasteiger partial charge in [-0.3, -0.25) is 14.9 Å². The lowest BCUT2D eigenvalue weighted by atomic mass is 9.77. The van der Waals surface area contributed by atoms with Crippen LogP contribution in [-0.4, -0.2) is 42.2 Å². The second-order valence-electron chi connectivity index (χ2n) is 11.8. The number of esters is 1. The van der Waals surface area contributed by atoms with Crippen LogP contribution in [0.2, 0.25) is 18.1 Å². The van der Waals surface area contributed by atoms with Crippen LogP contribution in [0, 0.1) is 22.0 Å². The van der Waals surface area contributed by atoms with Gasteiger partial charge in [0.1, 0.15) is 12.3 Å². The topological polar surface area (TPSA) is 99.0 Å². The van der Waals surface area contributed by atoms with E-state index in [0.29, 0.717) is 5.56 Å². The average Bonchev–Trinajstić information content (AvgIpc) is 3.29. The summed E-state index contributed by atoms with van der Waals surface area (Å²) in [6.45, 7) is 10.5. The Labute approximate surface area is 259 Å². The highest BCUT2D eigenvalue weighted by atomic mass is 28.4. The van der Waals surface area contributed by atoms with Crippen molar-refractivity contribution in [3.8, 4) is 0 Å². The molecule has 9 heteroatoms. The third kappa shape index (κ3) is 5.74. The first kappa shape index (κ1) is 31.3. The molecule has 230 valence electrons. The lowest BCUT2D eigenvalue weighted by Gasteiger charge is -2.49. The van der Waals surface area contributed by atoms with Crippen LogP contribution in [0.4, 0.5) is 5.69 Å². The van der Waals surface area contributed by atoms with Gasteiger partial charge in [0, 0.05) is 18.1 Å². The van der Waals surface area contributed by atoms with Crippen LogP contribution in [0.15, 0.2) is 84.1 Å². The number of non-ortho nitro benzene ring substituents is 1. The summed E-state index contributed by atoms with van der Waals surface area (Å²) in [5, 5.41) is 13.2. The van der Waals surface area contributed by atoms with Gasteiger partial charge in [-0.25, -0.2) is 4.79 Å². The van der Waals surface area contributed by atoms with Crippen LogP contribution in [-0.2, 0) is 25.4 Å². The molecule has 2 aliphatic heterocycles. The van der Waals surface area contributed by atoms with Gasteiger partial charge >= 0.3 is 5.97 Å². The van der Waals surface area contributed by atoms with E-state index in [4.69, 9.17) is 9.16 Å². The second-order valence-corrected chi connectivity index (χ2v) is 16.5. The molecule has 2 heterocycles. The van der Waals surface area contributed by atoms with Crippen LogP contribution in [0.25, 0.3) is 16.8 Å². The normalized spacial score (nSPS) is 20.6. The van der Waals surface area contributed by atoms with Crippen molar-refractivity contribution in [3.63, 3.8) is 0 Å². The first-order valence-electron chi connectivity index (χ1n) is 15.5. The summed E-state index contributed by atoms with van der Waals surface area (Å²) in [4.78, 5) is 39.7. The van der Waals surface area contributed by atoms with Gasteiger partial charge in [0.15, 0.2) is 8.32 Å². The largest absolute Gasteiger partial charge is 0.456 e. The predicted molar refractivity (Wildman–Crippen MR) is 174 cm³/mol. The zero-order valence-electron chi connectivity index (χ0n) is 26.0. The summed E-state index contributed by atoms with van der Waals surface area (Å²) in [5.41, 5.74) is 2.62. The number of fused-ring (bicyclic) bond motifs is 2. The minimum absolute atomic E-state index is 0.0361. The van der Waals surface area contributed by atoms with Crippen molar-refractivity contribution in [2.24, 2.45) is 11.8 Å². The van der Waals surface area contributed by atoms with E-state index in [1.165, 1.54) is 12.1 Å². The number of hydrogen-bond acceptors (Lipinski definition) is 6. The Hall–Kier alpha value is -4.08. The third-order valence-corrected chi connectivity index (χ3v) is 14.3. The van der Waals surface area contributed by atoms with Crippen LogP contribution < -0.4 is 0 Å². The number of amides is 1. The van der Waals surface area contributed by atoms with Crippen LogP contribution in [0.1, 0.15) is 45.7 Å². The van der Waals surface area contributed by atoms with E-state index < -0.39 is 19.2 Å². The van der Waals surface area contributed by atoms with E-state index in [2.05, 4.69) is 45.9 Å². The van der Waals surface area contributed by atoms with Crippen LogP contribution in [0.5, 0.6) is 0 Å². The van der Waals surface area contributed by atoms with Gasteiger partial charge in [-0.1, -0.05) is 82.3 Å². The van der Waals surface area contributed by atoms with Crippen molar-refractivity contribution in [2.45, 2.75) is 71.5 Å². The number of allylic oxidation sites excluding steroid dienone is 1.